The lowest BCUT2D eigenvalue weighted by molar-refractivity contribution is -0.273. The second-order valence-corrected chi connectivity index (χ2v) is 13.6. The van der Waals surface area contributed by atoms with Crippen LogP contribution in [0, 0.1) is 58.2 Å². The van der Waals surface area contributed by atoms with E-state index in [0.29, 0.717) is 34.7 Å². The number of hydrogen-bond donors (Lipinski definition) is 0. The van der Waals surface area contributed by atoms with E-state index >= 15 is 0 Å². The number of hydrogen-bond acceptors (Lipinski definition) is 2. The average Bonchev–Trinajstić information content (AvgIpc) is 3.16. The molecule has 0 N–H and O–H groups in total. The molecule has 2 saturated heterocycles. The summed E-state index contributed by atoms with van der Waals surface area (Å²) in [5.41, 5.74) is 1.11. The van der Waals surface area contributed by atoms with E-state index in [-0.39, 0.29) is 5.79 Å². The highest BCUT2D eigenvalue weighted by Crippen LogP contribution is 2.71. The van der Waals surface area contributed by atoms with Gasteiger partial charge in [0.1, 0.15) is 0 Å². The Hall–Kier alpha value is -0.0800. The maximum absolute atomic E-state index is 6.93. The molecule has 4 saturated carbocycles. The number of fused-ring (bicyclic) bond motifs is 7. The Morgan fingerprint density at radius 1 is 0.733 bits per heavy atom. The fraction of sp³-hybridized carbons (Fsp3) is 1.00. The highest BCUT2D eigenvalue weighted by atomic mass is 16.7. The summed E-state index contributed by atoms with van der Waals surface area (Å²) in [5, 5.41) is 0. The molecule has 6 fully saturated rings. The van der Waals surface area contributed by atoms with Gasteiger partial charge < -0.3 is 9.47 Å². The molecular weight excluding hydrogens is 368 g/mol. The zero-order valence-corrected chi connectivity index (χ0v) is 20.3. The Kier molecular flexibility index (Phi) is 4.60. The Morgan fingerprint density at radius 3 is 2.27 bits per heavy atom. The van der Waals surface area contributed by atoms with Crippen molar-refractivity contribution in [3.05, 3.63) is 0 Å². The molecule has 1 unspecified atom stereocenters. The lowest BCUT2D eigenvalue weighted by Gasteiger charge is -2.61. The van der Waals surface area contributed by atoms with Crippen molar-refractivity contribution >= 4 is 0 Å². The van der Waals surface area contributed by atoms with Crippen molar-refractivity contribution in [1.82, 2.24) is 0 Å². The van der Waals surface area contributed by atoms with Crippen molar-refractivity contribution in [2.24, 2.45) is 58.2 Å². The molecule has 12 atom stereocenters. The van der Waals surface area contributed by atoms with Crippen LogP contribution in [0.5, 0.6) is 0 Å². The second-order valence-electron chi connectivity index (χ2n) is 13.6. The zero-order valence-electron chi connectivity index (χ0n) is 20.3. The van der Waals surface area contributed by atoms with Crippen LogP contribution in [-0.2, 0) is 9.47 Å². The van der Waals surface area contributed by atoms with Crippen LogP contribution in [0.15, 0.2) is 0 Å². The molecular formula is C28H46O2. The standard InChI is InChI=1S/C28H46O2/c1-17-8-11-26(4)20(14-17)6-7-21-22(26)10-12-27(5)23(21)15-24-25(27)19(3)28(30-24)13-9-18(2)16-29-28/h17-25H,6-16H2,1-5H3/t17-,18?,19-,20-,21+,22-,23-,24-,25-,26-,27-,28+/m0/s1. The zero-order chi connectivity index (χ0) is 20.9. The quantitative estimate of drug-likeness (QED) is 0.422. The molecule has 170 valence electrons. The Morgan fingerprint density at radius 2 is 1.50 bits per heavy atom. The van der Waals surface area contributed by atoms with Gasteiger partial charge in [-0.15, -0.1) is 0 Å². The normalized spacial score (nSPS) is 62.5. The molecule has 2 heterocycles. The van der Waals surface area contributed by atoms with E-state index in [1.165, 1.54) is 57.8 Å². The van der Waals surface area contributed by atoms with Crippen LogP contribution < -0.4 is 0 Å². The fourth-order valence-corrected chi connectivity index (χ4v) is 10.5. The predicted octanol–water partition coefficient (Wildman–Crippen LogP) is 7.07. The van der Waals surface area contributed by atoms with E-state index in [2.05, 4.69) is 34.6 Å². The summed E-state index contributed by atoms with van der Waals surface area (Å²) < 4.78 is 13.4. The smallest absolute Gasteiger partial charge is 0.171 e. The van der Waals surface area contributed by atoms with Crippen molar-refractivity contribution in [3.63, 3.8) is 0 Å². The third-order valence-corrected chi connectivity index (χ3v) is 12.2. The first-order valence-electron chi connectivity index (χ1n) is 13.6. The maximum Gasteiger partial charge on any atom is 0.171 e. The van der Waals surface area contributed by atoms with E-state index in [1.54, 1.807) is 0 Å². The van der Waals surface area contributed by atoms with Crippen LogP contribution in [0.25, 0.3) is 0 Å². The van der Waals surface area contributed by atoms with E-state index in [1.807, 2.05) is 0 Å². The van der Waals surface area contributed by atoms with E-state index < -0.39 is 0 Å². The number of ether oxygens (including phenoxy) is 2. The summed E-state index contributed by atoms with van der Waals surface area (Å²) in [4.78, 5) is 0. The van der Waals surface area contributed by atoms with E-state index in [0.717, 1.165) is 42.6 Å². The minimum Gasteiger partial charge on any atom is -0.349 e. The predicted molar refractivity (Wildman–Crippen MR) is 121 cm³/mol. The average molecular weight is 415 g/mol. The summed E-state index contributed by atoms with van der Waals surface area (Å²) >= 11 is 0. The lowest BCUT2D eigenvalue weighted by atomic mass is 9.44. The summed E-state index contributed by atoms with van der Waals surface area (Å²) in [6.07, 6.45) is 14.6. The minimum absolute atomic E-state index is 0.254. The molecule has 0 amide bonds. The molecule has 30 heavy (non-hydrogen) atoms. The molecule has 6 rings (SSSR count). The highest BCUT2D eigenvalue weighted by Gasteiger charge is 2.69. The van der Waals surface area contributed by atoms with Crippen molar-refractivity contribution in [2.45, 2.75) is 111 Å². The molecule has 0 aromatic carbocycles. The summed E-state index contributed by atoms with van der Waals surface area (Å²) in [7, 11) is 0. The first-order chi connectivity index (χ1) is 14.3. The number of rotatable bonds is 0. The van der Waals surface area contributed by atoms with E-state index in [9.17, 15) is 0 Å². The molecule has 2 nitrogen and oxygen atoms in total. The third kappa shape index (κ3) is 2.62. The van der Waals surface area contributed by atoms with Gasteiger partial charge in [-0.25, -0.2) is 0 Å². The molecule has 6 aliphatic rings. The van der Waals surface area contributed by atoms with Gasteiger partial charge in [-0.3, -0.25) is 0 Å². The largest absolute Gasteiger partial charge is 0.349 e. The van der Waals surface area contributed by atoms with Gasteiger partial charge >= 0.3 is 0 Å². The van der Waals surface area contributed by atoms with Gasteiger partial charge in [-0.1, -0.05) is 41.0 Å². The first kappa shape index (κ1) is 20.5. The van der Waals surface area contributed by atoms with Crippen LogP contribution in [0.2, 0.25) is 0 Å². The summed E-state index contributed by atoms with van der Waals surface area (Å²) in [6, 6.07) is 0. The van der Waals surface area contributed by atoms with Crippen molar-refractivity contribution in [2.75, 3.05) is 6.61 Å². The van der Waals surface area contributed by atoms with Crippen LogP contribution in [-0.4, -0.2) is 18.5 Å². The Labute approximate surface area is 185 Å². The maximum atomic E-state index is 6.93. The lowest BCUT2D eigenvalue weighted by Crippen LogP contribution is -2.54. The van der Waals surface area contributed by atoms with Gasteiger partial charge in [0.15, 0.2) is 5.79 Å². The molecule has 0 aromatic heterocycles. The van der Waals surface area contributed by atoms with Crippen LogP contribution in [0.3, 0.4) is 0 Å². The van der Waals surface area contributed by atoms with Crippen molar-refractivity contribution < 1.29 is 9.47 Å². The summed E-state index contributed by atoms with van der Waals surface area (Å²) in [5.74, 6) is 6.52. The van der Waals surface area contributed by atoms with Gasteiger partial charge in [0.05, 0.1) is 12.7 Å². The minimum atomic E-state index is -0.254. The van der Waals surface area contributed by atoms with Gasteiger partial charge in [0.2, 0.25) is 0 Å². The molecule has 2 aliphatic heterocycles. The fourth-order valence-electron chi connectivity index (χ4n) is 10.5. The van der Waals surface area contributed by atoms with Gasteiger partial charge in [0.25, 0.3) is 0 Å². The summed E-state index contributed by atoms with van der Waals surface area (Å²) in [6.45, 7) is 13.6. The highest BCUT2D eigenvalue weighted by molar-refractivity contribution is 5.15. The molecule has 0 aromatic rings. The van der Waals surface area contributed by atoms with E-state index in [4.69, 9.17) is 9.47 Å². The van der Waals surface area contributed by atoms with Crippen LogP contribution in [0.1, 0.15) is 98.8 Å². The van der Waals surface area contributed by atoms with Crippen molar-refractivity contribution in [3.8, 4) is 0 Å². The Bertz CT molecular complexity index is 680. The third-order valence-electron chi connectivity index (χ3n) is 12.2. The Balaban J connectivity index is 1.26. The van der Waals surface area contributed by atoms with Gasteiger partial charge in [-0.2, -0.15) is 0 Å². The SMILES string of the molecule is CC1CC[C@@]2(OC1)O[C@H]1C[C@H]3[C@@H]4CC[C@H]5C[C@@H](C)CC[C@]5(C)[C@H]4CC[C@]3(C)[C@H]1[C@@H]2C. The monoisotopic (exact) mass is 414 g/mol. The molecule has 0 bridgehead atoms. The van der Waals surface area contributed by atoms with Crippen molar-refractivity contribution in [1.29, 1.82) is 0 Å². The molecule has 1 spiro atoms. The van der Waals surface area contributed by atoms with Gasteiger partial charge in [-0.05, 0) is 104 Å². The molecule has 2 heteroatoms. The first-order valence-corrected chi connectivity index (χ1v) is 13.6. The van der Waals surface area contributed by atoms with Crippen LogP contribution >= 0.6 is 0 Å². The van der Waals surface area contributed by atoms with Gasteiger partial charge in [0, 0.05) is 12.3 Å². The molecule has 4 aliphatic carbocycles. The topological polar surface area (TPSA) is 18.5 Å². The van der Waals surface area contributed by atoms with Crippen LogP contribution in [0.4, 0.5) is 0 Å². The molecule has 0 radical (unpaired) electrons. The second kappa shape index (κ2) is 6.72.